The molecule has 0 amide bonds. The van der Waals surface area contributed by atoms with Gasteiger partial charge in [0.25, 0.3) is 0 Å². The number of aliphatic imine (C=N–C) groups is 1. The van der Waals surface area contributed by atoms with Gasteiger partial charge in [0.1, 0.15) is 11.1 Å². The second kappa shape index (κ2) is 14.5. The highest BCUT2D eigenvalue weighted by Gasteiger charge is 2.15. The molecule has 8 heteroatoms. The van der Waals surface area contributed by atoms with Crippen LogP contribution in [0.1, 0.15) is 63.3 Å². The van der Waals surface area contributed by atoms with Crippen molar-refractivity contribution in [3.63, 3.8) is 0 Å². The van der Waals surface area contributed by atoms with E-state index in [0.29, 0.717) is 0 Å². The standard InChI is InChI=1S/C21H39N5OS.HI/c1-6-22-21(23-11-7-8-12-26-13-9-17(2)10-14-26)25(4)15-19-16-28-20(24-19)18(3)27-5;/h16-18H,6-15H2,1-5H3,(H,22,23);1H. The number of thiazole rings is 1. The summed E-state index contributed by atoms with van der Waals surface area (Å²) in [4.78, 5) is 14.3. The number of rotatable bonds is 10. The van der Waals surface area contributed by atoms with Gasteiger partial charge in [-0.1, -0.05) is 6.92 Å². The van der Waals surface area contributed by atoms with Crippen molar-refractivity contribution in [1.29, 1.82) is 0 Å². The zero-order valence-electron chi connectivity index (χ0n) is 18.8. The van der Waals surface area contributed by atoms with Crippen molar-refractivity contribution in [3.8, 4) is 0 Å². The van der Waals surface area contributed by atoms with E-state index >= 15 is 0 Å². The first-order valence-corrected chi connectivity index (χ1v) is 11.6. The second-order valence-electron chi connectivity index (χ2n) is 7.88. The Balaban J connectivity index is 0.00000420. The number of nitrogens with zero attached hydrogens (tertiary/aromatic N) is 4. The lowest BCUT2D eigenvalue weighted by Crippen LogP contribution is -2.38. The molecule has 1 fully saturated rings. The second-order valence-corrected chi connectivity index (χ2v) is 8.77. The smallest absolute Gasteiger partial charge is 0.194 e. The molecule has 0 aromatic carbocycles. The van der Waals surface area contributed by atoms with Crippen LogP contribution < -0.4 is 5.32 Å². The molecule has 1 atom stereocenters. The average Bonchev–Trinajstić information content (AvgIpc) is 3.16. The molecule has 0 bridgehead atoms. The average molecular weight is 538 g/mol. The highest BCUT2D eigenvalue weighted by Crippen LogP contribution is 2.21. The number of likely N-dealkylation sites (tertiary alicyclic amines) is 1. The maximum Gasteiger partial charge on any atom is 0.194 e. The summed E-state index contributed by atoms with van der Waals surface area (Å²) < 4.78 is 5.36. The zero-order valence-corrected chi connectivity index (χ0v) is 22.0. The molecule has 0 saturated carbocycles. The van der Waals surface area contributed by atoms with E-state index in [4.69, 9.17) is 14.7 Å². The van der Waals surface area contributed by atoms with E-state index in [1.165, 1.54) is 38.9 Å². The normalized spacial score (nSPS) is 17.1. The molecule has 1 aliphatic heterocycles. The quantitative estimate of drug-likeness (QED) is 0.208. The van der Waals surface area contributed by atoms with Crippen LogP contribution in [-0.2, 0) is 11.3 Å². The lowest BCUT2D eigenvalue weighted by atomic mass is 9.99. The Kier molecular flexibility index (Phi) is 13.3. The van der Waals surface area contributed by atoms with E-state index in [1.54, 1.807) is 18.4 Å². The maximum atomic E-state index is 5.36. The third-order valence-corrected chi connectivity index (χ3v) is 6.44. The first kappa shape index (κ1) is 26.6. The van der Waals surface area contributed by atoms with Crippen LogP contribution >= 0.6 is 35.3 Å². The Hall–Kier alpha value is -0.450. The summed E-state index contributed by atoms with van der Waals surface area (Å²) in [5.41, 5.74) is 1.07. The van der Waals surface area contributed by atoms with Crippen LogP contribution in [0.15, 0.2) is 10.4 Å². The van der Waals surface area contributed by atoms with Gasteiger partial charge in [0.15, 0.2) is 5.96 Å². The Labute approximate surface area is 198 Å². The summed E-state index contributed by atoms with van der Waals surface area (Å²) in [6, 6.07) is 0. The molecule has 2 heterocycles. The van der Waals surface area contributed by atoms with Gasteiger partial charge in [-0.05, 0) is 65.1 Å². The van der Waals surface area contributed by atoms with Crippen LogP contribution in [0.4, 0.5) is 0 Å². The van der Waals surface area contributed by atoms with Crippen LogP contribution in [0.25, 0.3) is 0 Å². The van der Waals surface area contributed by atoms with E-state index in [-0.39, 0.29) is 30.1 Å². The van der Waals surface area contributed by atoms with Gasteiger partial charge < -0.3 is 19.9 Å². The number of aromatic nitrogens is 1. The Morgan fingerprint density at radius 2 is 2.14 bits per heavy atom. The summed E-state index contributed by atoms with van der Waals surface area (Å²) >= 11 is 1.66. The first-order chi connectivity index (χ1) is 13.5. The first-order valence-electron chi connectivity index (χ1n) is 10.7. The van der Waals surface area contributed by atoms with Crippen LogP contribution in [0.5, 0.6) is 0 Å². The summed E-state index contributed by atoms with van der Waals surface area (Å²) in [5, 5.41) is 6.55. The number of halogens is 1. The van der Waals surface area contributed by atoms with Crippen molar-refractivity contribution in [2.24, 2.45) is 10.9 Å². The van der Waals surface area contributed by atoms with Crippen molar-refractivity contribution < 1.29 is 4.74 Å². The molecule has 2 rings (SSSR count). The lowest BCUT2D eigenvalue weighted by Gasteiger charge is -2.30. The number of methoxy groups -OCH3 is 1. The maximum absolute atomic E-state index is 5.36. The van der Waals surface area contributed by atoms with Gasteiger partial charge in [0.05, 0.1) is 12.2 Å². The van der Waals surface area contributed by atoms with Crippen molar-refractivity contribution in [3.05, 3.63) is 16.1 Å². The Morgan fingerprint density at radius 1 is 1.41 bits per heavy atom. The minimum Gasteiger partial charge on any atom is -0.375 e. The van der Waals surface area contributed by atoms with E-state index in [1.807, 2.05) is 6.92 Å². The fourth-order valence-electron chi connectivity index (χ4n) is 3.39. The molecule has 1 N–H and O–H groups in total. The van der Waals surface area contributed by atoms with Gasteiger partial charge >= 0.3 is 0 Å². The van der Waals surface area contributed by atoms with Crippen molar-refractivity contribution in [2.45, 2.75) is 59.1 Å². The van der Waals surface area contributed by atoms with E-state index < -0.39 is 0 Å². The monoisotopic (exact) mass is 537 g/mol. The predicted octanol–water partition coefficient (Wildman–Crippen LogP) is 4.38. The number of ether oxygens (including phenoxy) is 1. The van der Waals surface area contributed by atoms with E-state index in [2.05, 4.69) is 41.4 Å². The third-order valence-electron chi connectivity index (χ3n) is 5.39. The Morgan fingerprint density at radius 3 is 2.79 bits per heavy atom. The lowest BCUT2D eigenvalue weighted by molar-refractivity contribution is 0.119. The summed E-state index contributed by atoms with van der Waals surface area (Å²) in [6.45, 7) is 12.8. The van der Waals surface area contributed by atoms with Crippen molar-refractivity contribution in [2.75, 3.05) is 46.9 Å². The fraction of sp³-hybridized carbons (Fsp3) is 0.810. The van der Waals surface area contributed by atoms with Gasteiger partial charge in [0.2, 0.25) is 0 Å². The number of hydrogen-bond acceptors (Lipinski definition) is 5. The predicted molar refractivity (Wildman–Crippen MR) is 134 cm³/mol. The fourth-order valence-corrected chi connectivity index (χ4v) is 4.23. The van der Waals surface area contributed by atoms with Gasteiger partial charge in [-0.25, -0.2) is 4.98 Å². The highest BCUT2D eigenvalue weighted by atomic mass is 127. The van der Waals surface area contributed by atoms with Crippen LogP contribution in [0, 0.1) is 5.92 Å². The van der Waals surface area contributed by atoms with Crippen LogP contribution in [-0.4, -0.2) is 67.6 Å². The van der Waals surface area contributed by atoms with Gasteiger partial charge in [-0.2, -0.15) is 0 Å². The largest absolute Gasteiger partial charge is 0.375 e. The van der Waals surface area contributed by atoms with Crippen molar-refractivity contribution in [1.82, 2.24) is 20.1 Å². The van der Waals surface area contributed by atoms with Gasteiger partial charge in [-0.15, -0.1) is 35.3 Å². The van der Waals surface area contributed by atoms with Crippen LogP contribution in [0.2, 0.25) is 0 Å². The van der Waals surface area contributed by atoms with E-state index in [9.17, 15) is 0 Å². The topological polar surface area (TPSA) is 53.0 Å². The SMILES string of the molecule is CCNC(=NCCCCN1CCC(C)CC1)N(C)Cc1csc(C(C)OC)n1.I. The van der Waals surface area contributed by atoms with Gasteiger partial charge in [0, 0.05) is 32.6 Å². The molecule has 0 spiro atoms. The third kappa shape index (κ3) is 9.48. The number of hydrogen-bond donors (Lipinski definition) is 1. The zero-order chi connectivity index (χ0) is 20.4. The molecule has 29 heavy (non-hydrogen) atoms. The molecule has 0 aliphatic carbocycles. The highest BCUT2D eigenvalue weighted by molar-refractivity contribution is 14.0. The minimum absolute atomic E-state index is 0. The van der Waals surface area contributed by atoms with Crippen molar-refractivity contribution >= 4 is 41.3 Å². The molecule has 1 saturated heterocycles. The minimum atomic E-state index is 0. The van der Waals surface area contributed by atoms with Crippen LogP contribution in [0.3, 0.4) is 0 Å². The van der Waals surface area contributed by atoms with E-state index in [0.717, 1.165) is 48.6 Å². The molecule has 168 valence electrons. The molecular weight excluding hydrogens is 497 g/mol. The summed E-state index contributed by atoms with van der Waals surface area (Å²) in [5.74, 6) is 1.87. The molecule has 0 radical (unpaired) electrons. The molecule has 6 nitrogen and oxygen atoms in total. The number of unbranched alkanes of at least 4 members (excludes halogenated alkanes) is 1. The molecule has 1 aromatic rings. The molecule has 1 aromatic heterocycles. The molecule has 1 aliphatic rings. The Bertz CT molecular complexity index is 589. The number of guanidine groups is 1. The summed E-state index contributed by atoms with van der Waals surface area (Å²) in [6.07, 6.45) is 5.13. The van der Waals surface area contributed by atoms with Gasteiger partial charge in [-0.3, -0.25) is 4.99 Å². The number of nitrogens with one attached hydrogen (secondary N) is 1. The molecular formula is C21H40IN5OS. The molecule has 1 unspecified atom stereocenters. The number of piperidine rings is 1. The summed E-state index contributed by atoms with van der Waals surface area (Å²) in [7, 11) is 3.80.